The van der Waals surface area contributed by atoms with E-state index in [0.29, 0.717) is 12.2 Å². The van der Waals surface area contributed by atoms with Crippen molar-refractivity contribution in [3.05, 3.63) is 35.1 Å². The van der Waals surface area contributed by atoms with Crippen molar-refractivity contribution in [2.24, 2.45) is 0 Å². The van der Waals surface area contributed by atoms with Crippen molar-refractivity contribution >= 4 is 0 Å². The van der Waals surface area contributed by atoms with Crippen LogP contribution in [0, 0.1) is 12.7 Å². The first-order valence-corrected chi connectivity index (χ1v) is 7.20. The van der Waals surface area contributed by atoms with E-state index in [2.05, 4.69) is 5.32 Å². The van der Waals surface area contributed by atoms with Gasteiger partial charge in [0.2, 0.25) is 0 Å². The highest BCUT2D eigenvalue weighted by atomic mass is 19.1. The second kappa shape index (κ2) is 6.02. The number of rotatable bonds is 5. The highest BCUT2D eigenvalue weighted by Gasteiger charge is 2.42. The molecule has 0 amide bonds. The van der Waals surface area contributed by atoms with Crippen LogP contribution in [0.2, 0.25) is 0 Å². The molecule has 0 saturated heterocycles. The lowest BCUT2D eigenvalue weighted by Crippen LogP contribution is -2.43. The first-order valence-electron chi connectivity index (χ1n) is 7.20. The molecule has 106 valence electrons. The lowest BCUT2D eigenvalue weighted by Gasteiger charge is -2.37. The zero-order valence-corrected chi connectivity index (χ0v) is 12.1. The third kappa shape index (κ3) is 2.82. The van der Waals surface area contributed by atoms with Gasteiger partial charge in [-0.25, -0.2) is 4.39 Å². The van der Waals surface area contributed by atoms with Crippen LogP contribution in [0.5, 0.6) is 0 Å². The number of nitrogens with one attached hydrogen (secondary N) is 1. The number of benzene rings is 1. The van der Waals surface area contributed by atoms with Gasteiger partial charge in [-0.2, -0.15) is 0 Å². The minimum Gasteiger partial charge on any atom is -0.373 e. The largest absolute Gasteiger partial charge is 0.373 e. The molecular formula is C16H24FNO. The smallest absolute Gasteiger partial charge is 0.126 e. The molecule has 0 heterocycles. The van der Waals surface area contributed by atoms with Crippen LogP contribution < -0.4 is 5.32 Å². The van der Waals surface area contributed by atoms with Crippen LogP contribution in [-0.4, -0.2) is 19.3 Å². The summed E-state index contributed by atoms with van der Waals surface area (Å²) >= 11 is 0. The number of hydrogen-bond acceptors (Lipinski definition) is 2. The molecule has 2 rings (SSSR count). The molecule has 1 aromatic carbocycles. The molecule has 3 heteroatoms. The average Bonchev–Trinajstić information content (AvgIpc) is 2.84. The van der Waals surface area contributed by atoms with Gasteiger partial charge in [-0.3, -0.25) is 0 Å². The zero-order chi connectivity index (χ0) is 13.9. The number of likely N-dealkylation sites (N-methyl/N-ethyl adjacent to an activating group) is 1. The summed E-state index contributed by atoms with van der Waals surface area (Å²) < 4.78 is 19.9. The van der Waals surface area contributed by atoms with Crippen LogP contribution in [0.1, 0.15) is 49.8 Å². The van der Waals surface area contributed by atoms with Gasteiger partial charge < -0.3 is 10.1 Å². The van der Waals surface area contributed by atoms with Gasteiger partial charge in [0.1, 0.15) is 5.82 Å². The van der Waals surface area contributed by atoms with E-state index < -0.39 is 0 Å². The van der Waals surface area contributed by atoms with E-state index >= 15 is 0 Å². The van der Waals surface area contributed by atoms with Crippen LogP contribution in [0.4, 0.5) is 4.39 Å². The molecular weight excluding hydrogens is 241 g/mol. The Morgan fingerprint density at radius 1 is 1.37 bits per heavy atom. The first-order chi connectivity index (χ1) is 9.13. The summed E-state index contributed by atoms with van der Waals surface area (Å²) in [5, 5.41) is 3.34. The average molecular weight is 265 g/mol. The highest BCUT2D eigenvalue weighted by molar-refractivity contribution is 5.28. The van der Waals surface area contributed by atoms with Crippen molar-refractivity contribution < 1.29 is 9.13 Å². The number of hydrogen-bond donors (Lipinski definition) is 1. The summed E-state index contributed by atoms with van der Waals surface area (Å²) in [7, 11) is 1.93. The lowest BCUT2D eigenvalue weighted by molar-refractivity contribution is -0.0610. The number of halogens is 1. The molecule has 0 aromatic heterocycles. The molecule has 1 fully saturated rings. The van der Waals surface area contributed by atoms with E-state index in [-0.39, 0.29) is 17.5 Å². The first kappa shape index (κ1) is 14.5. The van der Waals surface area contributed by atoms with Gasteiger partial charge in [0.05, 0.1) is 11.6 Å². The van der Waals surface area contributed by atoms with Gasteiger partial charge in [-0.15, -0.1) is 0 Å². The van der Waals surface area contributed by atoms with E-state index in [1.54, 1.807) is 13.0 Å². The third-order valence-corrected chi connectivity index (χ3v) is 4.23. The molecule has 1 atom stereocenters. The Bertz CT molecular complexity index is 427. The Morgan fingerprint density at radius 2 is 2.05 bits per heavy atom. The summed E-state index contributed by atoms with van der Waals surface area (Å²) in [6.45, 7) is 4.52. The van der Waals surface area contributed by atoms with Crippen molar-refractivity contribution in [2.75, 3.05) is 13.7 Å². The molecule has 2 nitrogen and oxygen atoms in total. The van der Waals surface area contributed by atoms with E-state index in [9.17, 15) is 4.39 Å². The fourth-order valence-electron chi connectivity index (χ4n) is 3.30. The summed E-state index contributed by atoms with van der Waals surface area (Å²) in [5.74, 6) is -0.137. The van der Waals surface area contributed by atoms with E-state index in [0.717, 1.165) is 18.4 Å². The lowest BCUT2D eigenvalue weighted by atomic mass is 9.86. The van der Waals surface area contributed by atoms with Gasteiger partial charge in [-0.1, -0.05) is 25.0 Å². The fourth-order valence-corrected chi connectivity index (χ4v) is 3.30. The molecule has 1 aliphatic rings. The molecule has 1 unspecified atom stereocenters. The Labute approximate surface area is 115 Å². The quantitative estimate of drug-likeness (QED) is 0.875. The maximum absolute atomic E-state index is 13.8. The molecule has 1 aliphatic carbocycles. The minimum atomic E-state index is -0.175. The summed E-state index contributed by atoms with van der Waals surface area (Å²) in [4.78, 5) is 0. The maximum atomic E-state index is 13.8. The SMILES string of the molecule is CCOC1(C(NC)c2ccc(C)c(F)c2)CCCC1. The Morgan fingerprint density at radius 3 is 2.58 bits per heavy atom. The van der Waals surface area contributed by atoms with Crippen LogP contribution in [0.3, 0.4) is 0 Å². The molecule has 1 aromatic rings. The van der Waals surface area contributed by atoms with Gasteiger partial charge in [0.15, 0.2) is 0 Å². The topological polar surface area (TPSA) is 21.3 Å². The van der Waals surface area contributed by atoms with Crippen LogP contribution in [-0.2, 0) is 4.74 Å². The van der Waals surface area contributed by atoms with Crippen molar-refractivity contribution in [1.29, 1.82) is 0 Å². The van der Waals surface area contributed by atoms with Crippen LogP contribution >= 0.6 is 0 Å². The van der Waals surface area contributed by atoms with E-state index in [1.165, 1.54) is 12.8 Å². The van der Waals surface area contributed by atoms with E-state index in [1.807, 2.05) is 26.1 Å². The fraction of sp³-hybridized carbons (Fsp3) is 0.625. The molecule has 19 heavy (non-hydrogen) atoms. The van der Waals surface area contributed by atoms with Crippen LogP contribution in [0.15, 0.2) is 18.2 Å². The molecule has 0 bridgehead atoms. The normalized spacial score (nSPS) is 19.6. The molecule has 0 radical (unpaired) electrons. The molecule has 0 aliphatic heterocycles. The van der Waals surface area contributed by atoms with Gasteiger partial charge >= 0.3 is 0 Å². The molecule has 1 saturated carbocycles. The Hall–Kier alpha value is -0.930. The molecule has 1 N–H and O–H groups in total. The van der Waals surface area contributed by atoms with Gasteiger partial charge in [-0.05, 0) is 50.9 Å². The third-order valence-electron chi connectivity index (χ3n) is 4.23. The second-order valence-electron chi connectivity index (χ2n) is 5.44. The van der Waals surface area contributed by atoms with E-state index in [4.69, 9.17) is 4.74 Å². The van der Waals surface area contributed by atoms with Gasteiger partial charge in [0, 0.05) is 6.61 Å². The summed E-state index contributed by atoms with van der Waals surface area (Å²) in [6, 6.07) is 5.57. The number of ether oxygens (including phenoxy) is 1. The summed E-state index contributed by atoms with van der Waals surface area (Å²) in [5.41, 5.74) is 1.50. The van der Waals surface area contributed by atoms with Gasteiger partial charge in [0.25, 0.3) is 0 Å². The maximum Gasteiger partial charge on any atom is 0.126 e. The van der Waals surface area contributed by atoms with Crippen molar-refractivity contribution in [2.45, 2.75) is 51.2 Å². The highest BCUT2D eigenvalue weighted by Crippen LogP contribution is 2.43. The Kier molecular flexibility index (Phi) is 4.58. The van der Waals surface area contributed by atoms with Crippen molar-refractivity contribution in [1.82, 2.24) is 5.32 Å². The zero-order valence-electron chi connectivity index (χ0n) is 12.1. The second-order valence-corrected chi connectivity index (χ2v) is 5.44. The van der Waals surface area contributed by atoms with Crippen molar-refractivity contribution in [3.8, 4) is 0 Å². The monoisotopic (exact) mass is 265 g/mol. The minimum absolute atomic E-state index is 0.0602. The number of aryl methyl sites for hydroxylation is 1. The predicted molar refractivity (Wildman–Crippen MR) is 75.8 cm³/mol. The standard InChI is InChI=1S/C16H24FNO/c1-4-19-16(9-5-6-10-16)15(18-3)13-8-7-12(2)14(17)11-13/h7-8,11,15,18H,4-6,9-10H2,1-3H3. The molecule has 0 spiro atoms. The predicted octanol–water partition coefficient (Wildman–Crippen LogP) is 3.74. The van der Waals surface area contributed by atoms with Crippen molar-refractivity contribution in [3.63, 3.8) is 0 Å². The van der Waals surface area contributed by atoms with Crippen LogP contribution in [0.25, 0.3) is 0 Å². The summed E-state index contributed by atoms with van der Waals surface area (Å²) in [6.07, 6.45) is 4.46. The Balaban J connectivity index is 2.33.